The van der Waals surface area contributed by atoms with Crippen molar-refractivity contribution in [2.24, 2.45) is 0 Å². The Hall–Kier alpha value is -2.11. The Labute approximate surface area is 161 Å². The summed E-state index contributed by atoms with van der Waals surface area (Å²) in [5.74, 6) is 0.654. The van der Waals surface area contributed by atoms with E-state index in [1.165, 1.54) is 23.3 Å². The molecule has 0 amide bonds. The number of ether oxygens (including phenoxy) is 1. The van der Waals surface area contributed by atoms with Crippen LogP contribution in [0.2, 0.25) is 0 Å². The number of anilines is 1. The fourth-order valence-corrected chi connectivity index (χ4v) is 3.35. The van der Waals surface area contributed by atoms with Crippen LogP contribution in [0.15, 0.2) is 42.5 Å². The van der Waals surface area contributed by atoms with Gasteiger partial charge in [-0.25, -0.2) is 4.39 Å². The molecule has 1 heterocycles. The van der Waals surface area contributed by atoms with Gasteiger partial charge in [0.15, 0.2) is 0 Å². The van der Waals surface area contributed by atoms with Crippen molar-refractivity contribution in [3.8, 4) is 5.75 Å². The second kappa shape index (κ2) is 9.20. The van der Waals surface area contributed by atoms with Crippen molar-refractivity contribution < 1.29 is 14.2 Å². The Bertz CT molecular complexity index is 728. The number of aryl methyl sites for hydroxylation is 2. The van der Waals surface area contributed by atoms with Crippen molar-refractivity contribution in [2.75, 3.05) is 44.2 Å². The number of rotatable bonds is 7. The number of benzene rings is 2. The molecular weight excluding hydrogens is 343 g/mol. The Balaban J connectivity index is 1.37. The van der Waals surface area contributed by atoms with E-state index < -0.39 is 6.10 Å². The number of aliphatic hydroxyl groups is 1. The van der Waals surface area contributed by atoms with E-state index in [-0.39, 0.29) is 5.82 Å². The van der Waals surface area contributed by atoms with E-state index in [1.54, 1.807) is 0 Å². The van der Waals surface area contributed by atoms with Gasteiger partial charge in [-0.05, 0) is 61.4 Å². The summed E-state index contributed by atoms with van der Waals surface area (Å²) >= 11 is 0. The maximum Gasteiger partial charge on any atom is 0.123 e. The number of hydrogen-bond donors (Lipinski definition) is 1. The molecule has 1 fully saturated rings. The topological polar surface area (TPSA) is 35.9 Å². The molecular formula is C22H29FN2O2. The zero-order valence-corrected chi connectivity index (χ0v) is 16.2. The van der Waals surface area contributed by atoms with Gasteiger partial charge in [-0.1, -0.05) is 6.07 Å². The molecule has 2 aromatic rings. The number of halogens is 1. The van der Waals surface area contributed by atoms with Crippen LogP contribution < -0.4 is 9.64 Å². The minimum Gasteiger partial charge on any atom is -0.493 e. The lowest BCUT2D eigenvalue weighted by atomic mass is 10.1. The molecule has 1 aliphatic rings. The molecule has 1 N–H and O–H groups in total. The summed E-state index contributed by atoms with van der Waals surface area (Å²) in [5.41, 5.74) is 3.52. The standard InChI is InChI=1S/C22H29FN2O2/c1-17-3-8-22(15-18(17)2)27-14-9-21(26)16-24-10-12-25(13-11-24)20-6-4-19(23)5-7-20/h3-8,15,21,26H,9-14,16H2,1-2H3/t21-/m1/s1. The molecule has 2 aromatic carbocycles. The first-order valence-corrected chi connectivity index (χ1v) is 9.62. The second-order valence-corrected chi connectivity index (χ2v) is 7.30. The fourth-order valence-electron chi connectivity index (χ4n) is 3.35. The molecule has 0 spiro atoms. The average molecular weight is 372 g/mol. The molecule has 0 saturated carbocycles. The van der Waals surface area contributed by atoms with Gasteiger partial charge in [0.25, 0.3) is 0 Å². The lowest BCUT2D eigenvalue weighted by Gasteiger charge is -2.36. The van der Waals surface area contributed by atoms with Crippen LogP contribution in [-0.4, -0.2) is 55.4 Å². The monoisotopic (exact) mass is 372 g/mol. The highest BCUT2D eigenvalue weighted by molar-refractivity contribution is 5.46. The van der Waals surface area contributed by atoms with Gasteiger partial charge in [0.2, 0.25) is 0 Å². The maximum atomic E-state index is 13.0. The van der Waals surface area contributed by atoms with E-state index in [1.807, 2.05) is 24.3 Å². The van der Waals surface area contributed by atoms with Crippen LogP contribution in [0.1, 0.15) is 17.5 Å². The van der Waals surface area contributed by atoms with Gasteiger partial charge in [-0.2, -0.15) is 0 Å². The third-order valence-corrected chi connectivity index (χ3v) is 5.23. The van der Waals surface area contributed by atoms with Crippen molar-refractivity contribution >= 4 is 5.69 Å². The van der Waals surface area contributed by atoms with Crippen molar-refractivity contribution in [2.45, 2.75) is 26.4 Å². The molecule has 5 heteroatoms. The van der Waals surface area contributed by atoms with Crippen molar-refractivity contribution in [3.05, 3.63) is 59.4 Å². The highest BCUT2D eigenvalue weighted by Gasteiger charge is 2.19. The van der Waals surface area contributed by atoms with E-state index in [9.17, 15) is 9.50 Å². The number of hydrogen-bond acceptors (Lipinski definition) is 4. The van der Waals surface area contributed by atoms with Gasteiger partial charge in [0.1, 0.15) is 11.6 Å². The van der Waals surface area contributed by atoms with E-state index in [0.717, 1.165) is 37.6 Å². The molecule has 4 nitrogen and oxygen atoms in total. The SMILES string of the molecule is Cc1ccc(OCC[C@@H](O)CN2CCN(c3ccc(F)cc3)CC2)cc1C. The Morgan fingerprint density at radius 3 is 2.37 bits per heavy atom. The van der Waals surface area contributed by atoms with Crippen LogP contribution in [0, 0.1) is 19.7 Å². The highest BCUT2D eigenvalue weighted by Crippen LogP contribution is 2.18. The minimum atomic E-state index is -0.395. The zero-order valence-electron chi connectivity index (χ0n) is 16.2. The summed E-state index contributed by atoms with van der Waals surface area (Å²) in [4.78, 5) is 4.53. The summed E-state index contributed by atoms with van der Waals surface area (Å²) in [7, 11) is 0. The van der Waals surface area contributed by atoms with Gasteiger partial charge in [0, 0.05) is 44.8 Å². The molecule has 3 rings (SSSR count). The van der Waals surface area contributed by atoms with Gasteiger partial charge in [-0.15, -0.1) is 0 Å². The third-order valence-electron chi connectivity index (χ3n) is 5.23. The predicted molar refractivity (Wildman–Crippen MR) is 107 cm³/mol. The van der Waals surface area contributed by atoms with Gasteiger partial charge in [0.05, 0.1) is 12.7 Å². The average Bonchev–Trinajstić information content (AvgIpc) is 2.66. The first-order chi connectivity index (χ1) is 13.0. The lowest BCUT2D eigenvalue weighted by molar-refractivity contribution is 0.0886. The summed E-state index contributed by atoms with van der Waals surface area (Å²) in [5, 5.41) is 10.3. The van der Waals surface area contributed by atoms with E-state index >= 15 is 0 Å². The number of β-amino-alcohol motifs (C(OH)–C–C–N with tert-alkyl or cyclic N) is 1. The van der Waals surface area contributed by atoms with Crippen molar-refractivity contribution in [1.82, 2.24) is 4.90 Å². The molecule has 0 unspecified atom stereocenters. The van der Waals surface area contributed by atoms with Crippen LogP contribution in [-0.2, 0) is 0 Å². The quantitative estimate of drug-likeness (QED) is 0.808. The minimum absolute atomic E-state index is 0.205. The number of aliphatic hydroxyl groups excluding tert-OH is 1. The summed E-state index contributed by atoms with van der Waals surface area (Å²) < 4.78 is 18.8. The van der Waals surface area contributed by atoms with E-state index in [0.29, 0.717) is 19.6 Å². The Kier molecular flexibility index (Phi) is 6.69. The molecule has 1 atom stereocenters. The number of piperazine rings is 1. The van der Waals surface area contributed by atoms with Crippen LogP contribution in [0.25, 0.3) is 0 Å². The lowest BCUT2D eigenvalue weighted by Crippen LogP contribution is -2.48. The molecule has 1 aliphatic heterocycles. The molecule has 1 saturated heterocycles. The van der Waals surface area contributed by atoms with Gasteiger partial charge in [-0.3, -0.25) is 4.90 Å². The fraction of sp³-hybridized carbons (Fsp3) is 0.455. The first kappa shape index (κ1) is 19.6. The van der Waals surface area contributed by atoms with Crippen LogP contribution in [0.4, 0.5) is 10.1 Å². The normalized spacial score (nSPS) is 16.4. The van der Waals surface area contributed by atoms with Crippen molar-refractivity contribution in [3.63, 3.8) is 0 Å². The largest absolute Gasteiger partial charge is 0.493 e. The Morgan fingerprint density at radius 2 is 1.70 bits per heavy atom. The third kappa shape index (κ3) is 5.68. The second-order valence-electron chi connectivity index (χ2n) is 7.30. The highest BCUT2D eigenvalue weighted by atomic mass is 19.1. The zero-order chi connectivity index (χ0) is 19.2. The van der Waals surface area contributed by atoms with E-state index in [4.69, 9.17) is 4.74 Å². The molecule has 27 heavy (non-hydrogen) atoms. The molecule has 146 valence electrons. The smallest absolute Gasteiger partial charge is 0.123 e. The predicted octanol–water partition coefficient (Wildman–Crippen LogP) is 3.39. The maximum absolute atomic E-state index is 13.0. The first-order valence-electron chi connectivity index (χ1n) is 9.62. The summed E-state index contributed by atoms with van der Waals surface area (Å²) in [6, 6.07) is 12.7. The summed E-state index contributed by atoms with van der Waals surface area (Å²) in [6.45, 7) is 8.89. The number of nitrogens with zero attached hydrogens (tertiary/aromatic N) is 2. The van der Waals surface area contributed by atoms with Crippen LogP contribution in [0.5, 0.6) is 5.75 Å². The molecule has 0 aromatic heterocycles. The molecule has 0 radical (unpaired) electrons. The Morgan fingerprint density at radius 1 is 1.00 bits per heavy atom. The van der Waals surface area contributed by atoms with E-state index in [2.05, 4.69) is 29.7 Å². The van der Waals surface area contributed by atoms with Crippen LogP contribution >= 0.6 is 0 Å². The molecule has 0 aliphatic carbocycles. The van der Waals surface area contributed by atoms with Crippen LogP contribution in [0.3, 0.4) is 0 Å². The molecule has 0 bridgehead atoms. The van der Waals surface area contributed by atoms with Crippen molar-refractivity contribution in [1.29, 1.82) is 0 Å². The summed E-state index contributed by atoms with van der Waals surface area (Å²) in [6.07, 6.45) is 0.222. The van der Waals surface area contributed by atoms with Gasteiger partial charge >= 0.3 is 0 Å². The van der Waals surface area contributed by atoms with Gasteiger partial charge < -0.3 is 14.7 Å².